The number of hydrogen-bond donors (Lipinski definition) is 2. The van der Waals surface area contributed by atoms with E-state index in [1.165, 1.54) is 38.5 Å². The number of rotatable bonds is 5. The molecule has 4 heteroatoms. The summed E-state index contributed by atoms with van der Waals surface area (Å²) in [5.74, 6) is 1.22. The molecule has 0 saturated heterocycles. The minimum atomic E-state index is 0.361. The molecule has 0 bridgehead atoms. The van der Waals surface area contributed by atoms with Gasteiger partial charge in [-0.15, -0.1) is 0 Å². The molecule has 3 N–H and O–H groups in total. The lowest BCUT2D eigenvalue weighted by Crippen LogP contribution is -2.41. The van der Waals surface area contributed by atoms with Crippen molar-refractivity contribution in [3.8, 4) is 0 Å². The van der Waals surface area contributed by atoms with E-state index in [0.717, 1.165) is 24.5 Å². The predicted molar refractivity (Wildman–Crippen MR) is 69.2 cm³/mol. The van der Waals surface area contributed by atoms with E-state index in [0.29, 0.717) is 12.3 Å². The molecule has 0 aliphatic heterocycles. The van der Waals surface area contributed by atoms with E-state index in [9.17, 15) is 0 Å². The van der Waals surface area contributed by atoms with Crippen LogP contribution in [0.5, 0.6) is 0 Å². The zero-order chi connectivity index (χ0) is 12.3. The molecule has 2 saturated carbocycles. The molecular weight excluding hydrogens is 214 g/mol. The van der Waals surface area contributed by atoms with Gasteiger partial charge in [0.05, 0.1) is 0 Å². The third-order valence-corrected chi connectivity index (χ3v) is 4.15. The Morgan fingerprint density at radius 1 is 1.29 bits per heavy atom. The normalized spacial score (nSPS) is 30.8. The SMILES string of the molecule is CC1CCCC(N(CCC(N)=NO)C2CC2)C1. The number of nitrogens with zero attached hydrogens (tertiary/aromatic N) is 2. The Kier molecular flexibility index (Phi) is 4.26. The Hall–Kier alpha value is -0.770. The van der Waals surface area contributed by atoms with Crippen LogP contribution >= 0.6 is 0 Å². The highest BCUT2D eigenvalue weighted by molar-refractivity contribution is 5.79. The fourth-order valence-electron chi connectivity index (χ4n) is 3.07. The summed E-state index contributed by atoms with van der Waals surface area (Å²) in [6.45, 7) is 3.32. The lowest BCUT2D eigenvalue weighted by Gasteiger charge is -2.36. The number of oxime groups is 1. The van der Waals surface area contributed by atoms with E-state index >= 15 is 0 Å². The predicted octanol–water partition coefficient (Wildman–Crippen LogP) is 2.17. The third kappa shape index (κ3) is 3.60. The molecule has 0 aromatic carbocycles. The molecule has 0 aromatic heterocycles. The molecule has 0 spiro atoms. The first-order valence-electron chi connectivity index (χ1n) is 6.93. The van der Waals surface area contributed by atoms with Crippen LogP contribution < -0.4 is 5.73 Å². The fraction of sp³-hybridized carbons (Fsp3) is 0.923. The van der Waals surface area contributed by atoms with Gasteiger partial charge in [0.25, 0.3) is 0 Å². The molecular formula is C13H25N3O. The van der Waals surface area contributed by atoms with Crippen molar-refractivity contribution in [2.45, 2.75) is 64.0 Å². The number of amidine groups is 1. The quantitative estimate of drug-likeness (QED) is 0.334. The van der Waals surface area contributed by atoms with Crippen LogP contribution in [0, 0.1) is 5.92 Å². The zero-order valence-electron chi connectivity index (χ0n) is 10.8. The summed E-state index contributed by atoms with van der Waals surface area (Å²) in [6, 6.07) is 1.51. The van der Waals surface area contributed by atoms with Gasteiger partial charge in [-0.25, -0.2) is 0 Å². The molecule has 17 heavy (non-hydrogen) atoms. The number of nitrogens with two attached hydrogens (primary N) is 1. The maximum Gasteiger partial charge on any atom is 0.140 e. The maximum atomic E-state index is 8.60. The summed E-state index contributed by atoms with van der Waals surface area (Å²) in [4.78, 5) is 2.62. The van der Waals surface area contributed by atoms with Gasteiger partial charge in [-0.05, 0) is 31.6 Å². The Morgan fingerprint density at radius 2 is 2.06 bits per heavy atom. The van der Waals surface area contributed by atoms with Gasteiger partial charge in [-0.3, -0.25) is 4.90 Å². The van der Waals surface area contributed by atoms with Crippen LogP contribution in [0.4, 0.5) is 0 Å². The second kappa shape index (κ2) is 5.71. The molecule has 98 valence electrons. The minimum absolute atomic E-state index is 0.361. The molecule has 2 aliphatic rings. The van der Waals surface area contributed by atoms with Crippen LogP contribution in [0.25, 0.3) is 0 Å². The smallest absolute Gasteiger partial charge is 0.140 e. The van der Waals surface area contributed by atoms with Crippen molar-refractivity contribution in [1.29, 1.82) is 0 Å². The first-order chi connectivity index (χ1) is 8.20. The van der Waals surface area contributed by atoms with E-state index in [1.54, 1.807) is 0 Å². The summed E-state index contributed by atoms with van der Waals surface area (Å²) >= 11 is 0. The van der Waals surface area contributed by atoms with E-state index in [4.69, 9.17) is 10.9 Å². The van der Waals surface area contributed by atoms with Crippen molar-refractivity contribution in [2.75, 3.05) is 6.54 Å². The fourth-order valence-corrected chi connectivity index (χ4v) is 3.07. The Labute approximate surface area is 104 Å². The highest BCUT2D eigenvalue weighted by atomic mass is 16.4. The van der Waals surface area contributed by atoms with E-state index in [2.05, 4.69) is 17.0 Å². The first kappa shape index (κ1) is 12.7. The van der Waals surface area contributed by atoms with Crippen LogP contribution in [-0.4, -0.2) is 34.6 Å². The van der Waals surface area contributed by atoms with Crippen molar-refractivity contribution in [1.82, 2.24) is 4.90 Å². The van der Waals surface area contributed by atoms with Crippen molar-refractivity contribution in [2.24, 2.45) is 16.8 Å². The molecule has 2 fully saturated rings. The Morgan fingerprint density at radius 3 is 2.65 bits per heavy atom. The van der Waals surface area contributed by atoms with Gasteiger partial charge in [-0.2, -0.15) is 0 Å². The highest BCUT2D eigenvalue weighted by Gasteiger charge is 2.35. The standard InChI is InChI=1S/C13H25N3O/c1-10-3-2-4-12(9-10)16(11-5-6-11)8-7-13(14)15-17/h10-12,17H,2-9H2,1H3,(H2,14,15). The largest absolute Gasteiger partial charge is 0.409 e. The lowest BCUT2D eigenvalue weighted by molar-refractivity contribution is 0.129. The summed E-state index contributed by atoms with van der Waals surface area (Å²) < 4.78 is 0. The van der Waals surface area contributed by atoms with E-state index in [1.807, 2.05) is 0 Å². The molecule has 2 atom stereocenters. The highest BCUT2D eigenvalue weighted by Crippen LogP contribution is 2.35. The van der Waals surface area contributed by atoms with E-state index in [-0.39, 0.29) is 0 Å². The Bertz CT molecular complexity index is 276. The van der Waals surface area contributed by atoms with Crippen LogP contribution in [0.3, 0.4) is 0 Å². The lowest BCUT2D eigenvalue weighted by atomic mass is 9.86. The van der Waals surface area contributed by atoms with Gasteiger partial charge in [0, 0.05) is 25.0 Å². The number of hydrogen-bond acceptors (Lipinski definition) is 3. The maximum absolute atomic E-state index is 8.60. The molecule has 0 amide bonds. The average molecular weight is 239 g/mol. The molecule has 0 heterocycles. The van der Waals surface area contributed by atoms with Gasteiger partial charge in [0.1, 0.15) is 5.84 Å². The summed E-state index contributed by atoms with van der Waals surface area (Å²) in [7, 11) is 0. The summed E-state index contributed by atoms with van der Waals surface area (Å²) in [6.07, 6.45) is 8.76. The van der Waals surface area contributed by atoms with Gasteiger partial charge in [0.15, 0.2) is 0 Å². The van der Waals surface area contributed by atoms with Crippen molar-refractivity contribution in [3.63, 3.8) is 0 Å². The summed E-state index contributed by atoms with van der Waals surface area (Å²) in [5.41, 5.74) is 5.57. The monoisotopic (exact) mass is 239 g/mol. The second-order valence-electron chi connectivity index (χ2n) is 5.74. The average Bonchev–Trinajstić information content (AvgIpc) is 3.13. The molecule has 4 nitrogen and oxygen atoms in total. The Balaban J connectivity index is 1.87. The van der Waals surface area contributed by atoms with Crippen LogP contribution in [0.1, 0.15) is 51.9 Å². The zero-order valence-corrected chi connectivity index (χ0v) is 10.8. The molecule has 2 aliphatic carbocycles. The topological polar surface area (TPSA) is 61.8 Å². The van der Waals surface area contributed by atoms with Gasteiger partial charge >= 0.3 is 0 Å². The van der Waals surface area contributed by atoms with Crippen LogP contribution in [0.15, 0.2) is 5.16 Å². The van der Waals surface area contributed by atoms with Crippen LogP contribution in [0.2, 0.25) is 0 Å². The van der Waals surface area contributed by atoms with Gasteiger partial charge < -0.3 is 10.9 Å². The van der Waals surface area contributed by atoms with Crippen molar-refractivity contribution < 1.29 is 5.21 Å². The van der Waals surface area contributed by atoms with Gasteiger partial charge in [-0.1, -0.05) is 24.9 Å². The van der Waals surface area contributed by atoms with Crippen LogP contribution in [-0.2, 0) is 0 Å². The second-order valence-corrected chi connectivity index (χ2v) is 5.74. The molecule has 0 radical (unpaired) electrons. The van der Waals surface area contributed by atoms with Crippen molar-refractivity contribution in [3.05, 3.63) is 0 Å². The molecule has 2 unspecified atom stereocenters. The first-order valence-corrected chi connectivity index (χ1v) is 6.93. The summed E-state index contributed by atoms with van der Waals surface area (Å²) in [5, 5.41) is 11.7. The van der Waals surface area contributed by atoms with Gasteiger partial charge in [0.2, 0.25) is 0 Å². The third-order valence-electron chi connectivity index (χ3n) is 4.15. The minimum Gasteiger partial charge on any atom is -0.409 e. The molecule has 0 aromatic rings. The molecule has 2 rings (SSSR count). The van der Waals surface area contributed by atoms with Crippen molar-refractivity contribution >= 4 is 5.84 Å². The van der Waals surface area contributed by atoms with E-state index < -0.39 is 0 Å².